The molecule has 4 aliphatic carbocycles. The quantitative estimate of drug-likeness (QED) is 0.113. The van der Waals surface area contributed by atoms with Gasteiger partial charge in [0.1, 0.15) is 0 Å². The monoisotopic (exact) mass is 641 g/mol. The van der Waals surface area contributed by atoms with Gasteiger partial charge in [0.05, 0.1) is 12.5 Å². The Labute approximate surface area is 281 Å². The van der Waals surface area contributed by atoms with Gasteiger partial charge in [0.2, 0.25) is 11.8 Å². The largest absolute Gasteiger partial charge is 0.469 e. The fraction of sp³-hybridized carbons (Fsp3) is 0.875. The number of nitrogens with one attached hydrogen (secondary N) is 2. The predicted octanol–water partition coefficient (Wildman–Crippen LogP) is 8.64. The summed E-state index contributed by atoms with van der Waals surface area (Å²) in [5.41, 5.74) is 1.39. The molecule has 6 nitrogen and oxygen atoms in total. The molecule has 0 unspecified atom stereocenters. The number of carbonyl (C=O) groups is 3. The molecule has 0 bridgehead atoms. The number of allylic oxidation sites excluding steroid dienone is 1. The highest BCUT2D eigenvalue weighted by Gasteiger charge is 2.70. The van der Waals surface area contributed by atoms with Gasteiger partial charge in [-0.05, 0) is 129 Å². The second kappa shape index (κ2) is 14.7. The van der Waals surface area contributed by atoms with Crippen LogP contribution in [0.3, 0.4) is 0 Å². The van der Waals surface area contributed by atoms with Crippen LogP contribution in [0.5, 0.6) is 0 Å². The highest BCUT2D eigenvalue weighted by molar-refractivity contribution is 5.83. The molecule has 0 aromatic heterocycles. The Morgan fingerprint density at radius 1 is 0.826 bits per heavy atom. The lowest BCUT2D eigenvalue weighted by Crippen LogP contribution is -2.65. The lowest BCUT2D eigenvalue weighted by atomic mass is 9.34. The second-order valence-corrected chi connectivity index (χ2v) is 17.2. The fourth-order valence-electron chi connectivity index (χ4n) is 12.2. The maximum absolute atomic E-state index is 14.3. The van der Waals surface area contributed by atoms with E-state index in [1.165, 1.54) is 38.4 Å². The normalized spacial score (nSPS) is 38.3. The van der Waals surface area contributed by atoms with Crippen LogP contribution in [-0.4, -0.2) is 38.0 Å². The lowest BCUT2D eigenvalue weighted by Gasteiger charge is -2.71. The summed E-state index contributed by atoms with van der Waals surface area (Å²) < 4.78 is 5.12. The van der Waals surface area contributed by atoms with Crippen LogP contribution in [0.15, 0.2) is 12.2 Å². The van der Waals surface area contributed by atoms with Crippen molar-refractivity contribution in [1.82, 2.24) is 10.6 Å². The first-order chi connectivity index (χ1) is 21.7. The Morgan fingerprint density at radius 3 is 2.09 bits per heavy atom. The van der Waals surface area contributed by atoms with Crippen molar-refractivity contribution < 1.29 is 19.1 Å². The zero-order valence-electron chi connectivity index (χ0n) is 30.8. The molecule has 46 heavy (non-hydrogen) atoms. The van der Waals surface area contributed by atoms with Gasteiger partial charge < -0.3 is 15.4 Å². The molecule has 0 spiro atoms. The van der Waals surface area contributed by atoms with E-state index in [4.69, 9.17) is 4.74 Å². The topological polar surface area (TPSA) is 84.5 Å². The molecule has 0 aromatic rings. The third kappa shape index (κ3) is 6.71. The molecule has 4 saturated carbocycles. The molecule has 262 valence electrons. The smallest absolute Gasteiger partial charge is 0.305 e. The summed E-state index contributed by atoms with van der Waals surface area (Å²) in [5, 5.41) is 6.36. The molecule has 4 fully saturated rings. The van der Waals surface area contributed by atoms with Gasteiger partial charge in [-0.25, -0.2) is 0 Å². The van der Waals surface area contributed by atoms with Crippen molar-refractivity contribution in [2.24, 2.45) is 57.2 Å². The van der Waals surface area contributed by atoms with E-state index in [-0.39, 0.29) is 33.5 Å². The van der Waals surface area contributed by atoms with Crippen LogP contribution in [0.2, 0.25) is 0 Å². The van der Waals surface area contributed by atoms with Crippen molar-refractivity contribution in [2.75, 3.05) is 20.2 Å². The average molecular weight is 641 g/mol. The van der Waals surface area contributed by atoms with Crippen LogP contribution < -0.4 is 10.6 Å². The third-order valence-electron chi connectivity index (χ3n) is 14.8. The molecule has 4 rings (SSSR count). The Bertz CT molecular complexity index is 1120. The summed E-state index contributed by atoms with van der Waals surface area (Å²) in [6, 6.07) is 0. The van der Waals surface area contributed by atoms with E-state index >= 15 is 0 Å². The highest BCUT2D eigenvalue weighted by atomic mass is 16.5. The minimum Gasteiger partial charge on any atom is -0.469 e. The summed E-state index contributed by atoms with van der Waals surface area (Å²) in [6.07, 6.45) is 15.8. The maximum Gasteiger partial charge on any atom is 0.305 e. The van der Waals surface area contributed by atoms with E-state index in [1.54, 1.807) is 6.92 Å². The standard InChI is InChI=1S/C40H68N2O4/c1-27(2)30-17-22-40(36(45)42-26-14-12-10-11-13-25-41-29(5)43)24-23-38(7)32(35(30)40)15-16-33-37(6,20-19-34(44)46-9)31(28(3)4)18-21-39(33,38)8/h27,30-33,35H,3,10-26H2,1-2,4-9H3,(H,41,43)(H,42,45)/t30-,31-,32+,33+,35+,37-,38+,39+,40-/m0/s1. The minimum absolute atomic E-state index is 0.0178. The van der Waals surface area contributed by atoms with Crippen molar-refractivity contribution in [2.45, 2.75) is 145 Å². The fourth-order valence-corrected chi connectivity index (χ4v) is 12.2. The highest BCUT2D eigenvalue weighted by Crippen LogP contribution is 2.76. The summed E-state index contributed by atoms with van der Waals surface area (Å²) >= 11 is 0. The Kier molecular flexibility index (Phi) is 11.8. The van der Waals surface area contributed by atoms with Crippen LogP contribution in [0.25, 0.3) is 0 Å². The van der Waals surface area contributed by atoms with Gasteiger partial charge in [0.25, 0.3) is 0 Å². The van der Waals surface area contributed by atoms with Gasteiger partial charge in [0.15, 0.2) is 0 Å². The van der Waals surface area contributed by atoms with Crippen LogP contribution in [-0.2, 0) is 19.1 Å². The van der Waals surface area contributed by atoms with Crippen molar-refractivity contribution in [3.63, 3.8) is 0 Å². The van der Waals surface area contributed by atoms with Crippen LogP contribution in [0, 0.1) is 57.2 Å². The number of ether oxygens (including phenoxy) is 1. The molecule has 2 amide bonds. The Hall–Kier alpha value is -1.85. The van der Waals surface area contributed by atoms with E-state index in [9.17, 15) is 14.4 Å². The number of hydrogen-bond donors (Lipinski definition) is 2. The van der Waals surface area contributed by atoms with Crippen LogP contribution in [0.1, 0.15) is 145 Å². The molecule has 6 heteroatoms. The number of methoxy groups -OCH3 is 1. The van der Waals surface area contributed by atoms with E-state index in [0.717, 1.165) is 77.3 Å². The van der Waals surface area contributed by atoms with Crippen molar-refractivity contribution in [1.29, 1.82) is 0 Å². The van der Waals surface area contributed by atoms with Crippen molar-refractivity contribution >= 4 is 17.8 Å². The lowest BCUT2D eigenvalue weighted by molar-refractivity contribution is -0.218. The molecule has 4 aliphatic rings. The molecule has 0 heterocycles. The number of esters is 1. The Balaban J connectivity index is 1.51. The van der Waals surface area contributed by atoms with Gasteiger partial charge >= 0.3 is 5.97 Å². The van der Waals surface area contributed by atoms with Crippen LogP contribution >= 0.6 is 0 Å². The first-order valence-electron chi connectivity index (χ1n) is 18.9. The van der Waals surface area contributed by atoms with Gasteiger partial charge in [-0.15, -0.1) is 0 Å². The number of amides is 2. The summed E-state index contributed by atoms with van der Waals surface area (Å²) in [6.45, 7) is 22.3. The van der Waals surface area contributed by atoms with Gasteiger partial charge in [-0.2, -0.15) is 0 Å². The number of hydrogen-bond acceptors (Lipinski definition) is 4. The predicted molar refractivity (Wildman–Crippen MR) is 187 cm³/mol. The van der Waals surface area contributed by atoms with Gasteiger partial charge in [0, 0.05) is 26.4 Å². The van der Waals surface area contributed by atoms with Gasteiger partial charge in [-0.3, -0.25) is 14.4 Å². The molecular formula is C40H68N2O4. The molecule has 0 saturated heterocycles. The van der Waals surface area contributed by atoms with E-state index in [2.05, 4.69) is 58.8 Å². The first kappa shape index (κ1) is 37.0. The van der Waals surface area contributed by atoms with Crippen LogP contribution in [0.4, 0.5) is 0 Å². The Morgan fingerprint density at radius 2 is 1.48 bits per heavy atom. The SMILES string of the molecule is C=C(C)[C@@H]1CC[C@]2(C)[C@H](CC[C@@H]3[C@H]4[C@H](C(C)C)CC[C@]4(C(=O)NCCCCCCCNC(C)=O)CC[C@]32C)[C@@]1(C)CCC(=O)OC. The molecular weight excluding hydrogens is 572 g/mol. The average Bonchev–Trinajstić information content (AvgIpc) is 3.40. The van der Waals surface area contributed by atoms with E-state index in [1.807, 2.05) is 0 Å². The van der Waals surface area contributed by atoms with Gasteiger partial charge in [-0.1, -0.05) is 66.0 Å². The number of rotatable bonds is 14. The number of unbranched alkanes of at least 4 members (excludes halogenated alkanes) is 4. The summed E-state index contributed by atoms with van der Waals surface area (Å²) in [7, 11) is 1.51. The summed E-state index contributed by atoms with van der Waals surface area (Å²) in [5.74, 6) is 3.41. The first-order valence-corrected chi connectivity index (χ1v) is 18.9. The van der Waals surface area contributed by atoms with E-state index < -0.39 is 0 Å². The van der Waals surface area contributed by atoms with Crippen molar-refractivity contribution in [3.8, 4) is 0 Å². The molecule has 0 aromatic carbocycles. The van der Waals surface area contributed by atoms with Crippen molar-refractivity contribution in [3.05, 3.63) is 12.2 Å². The molecule has 9 atom stereocenters. The maximum atomic E-state index is 14.3. The number of fused-ring (bicyclic) bond motifs is 5. The third-order valence-corrected chi connectivity index (χ3v) is 14.8. The molecule has 0 radical (unpaired) electrons. The van der Waals surface area contributed by atoms with E-state index in [0.29, 0.717) is 47.8 Å². The molecule has 0 aliphatic heterocycles. The second-order valence-electron chi connectivity index (χ2n) is 17.2. The molecule has 2 N–H and O–H groups in total. The zero-order valence-corrected chi connectivity index (χ0v) is 30.8. The zero-order chi connectivity index (χ0) is 33.9. The number of carbonyl (C=O) groups excluding carboxylic acids is 3. The summed E-state index contributed by atoms with van der Waals surface area (Å²) in [4.78, 5) is 37.8. The minimum atomic E-state index is -0.232.